The first-order valence-electron chi connectivity index (χ1n) is 6.34. The number of carbonyl (C=O) groups excluding carboxylic acids is 1. The second-order valence-electron chi connectivity index (χ2n) is 4.57. The zero-order valence-electron chi connectivity index (χ0n) is 11.4. The number of nitrogen functional groups attached to an aromatic ring is 1. The first-order valence-corrected chi connectivity index (χ1v) is 6.34. The van der Waals surface area contributed by atoms with Gasteiger partial charge in [0, 0.05) is 5.56 Å². The van der Waals surface area contributed by atoms with Crippen molar-refractivity contribution >= 4 is 11.6 Å². The highest BCUT2D eigenvalue weighted by Gasteiger charge is 2.16. The maximum atomic E-state index is 13.6. The Morgan fingerprint density at radius 2 is 1.71 bits per heavy atom. The Morgan fingerprint density at radius 3 is 2.24 bits per heavy atom. The van der Waals surface area contributed by atoms with Crippen LogP contribution >= 0.6 is 0 Å². The summed E-state index contributed by atoms with van der Waals surface area (Å²) in [5.41, 5.74) is 2.24. The molecule has 4 nitrogen and oxygen atoms in total. The number of hydrogen-bond acceptors (Lipinski definition) is 3. The van der Waals surface area contributed by atoms with Crippen LogP contribution in [-0.2, 0) is 0 Å². The minimum Gasteiger partial charge on any atom is -0.346 e. The predicted octanol–water partition coefficient (Wildman–Crippen LogP) is 2.74. The van der Waals surface area contributed by atoms with Crippen LogP contribution in [0.5, 0.6) is 0 Å². The molecule has 2 aromatic rings. The summed E-state index contributed by atoms with van der Waals surface area (Å²) in [4.78, 5) is 12.0. The zero-order chi connectivity index (χ0) is 15.4. The molecule has 21 heavy (non-hydrogen) atoms. The fourth-order valence-corrected chi connectivity index (χ4v) is 1.95. The molecular formula is C15H15F2N3O. The number of nitrogens with two attached hydrogens (primary N) is 1. The van der Waals surface area contributed by atoms with E-state index in [0.717, 1.165) is 17.7 Å². The molecule has 1 unspecified atom stereocenters. The lowest BCUT2D eigenvalue weighted by atomic mass is 10.1. The number of anilines is 1. The van der Waals surface area contributed by atoms with Crippen molar-refractivity contribution in [2.75, 3.05) is 5.43 Å². The maximum Gasteiger partial charge on any atom is 0.251 e. The average molecular weight is 291 g/mol. The third-order valence-electron chi connectivity index (χ3n) is 3.10. The van der Waals surface area contributed by atoms with Gasteiger partial charge in [-0.2, -0.15) is 0 Å². The minimum absolute atomic E-state index is 0.105. The first kappa shape index (κ1) is 14.9. The van der Waals surface area contributed by atoms with E-state index in [0.29, 0.717) is 0 Å². The van der Waals surface area contributed by atoms with Crippen LogP contribution in [0.2, 0.25) is 0 Å². The smallest absolute Gasteiger partial charge is 0.251 e. The van der Waals surface area contributed by atoms with Crippen LogP contribution in [0.25, 0.3) is 0 Å². The van der Waals surface area contributed by atoms with Crippen molar-refractivity contribution < 1.29 is 13.6 Å². The number of benzene rings is 2. The summed E-state index contributed by atoms with van der Waals surface area (Å²) in [6.45, 7) is 1.79. The van der Waals surface area contributed by atoms with E-state index in [1.165, 1.54) is 0 Å². The molecule has 6 heteroatoms. The molecule has 2 aromatic carbocycles. The lowest BCUT2D eigenvalue weighted by molar-refractivity contribution is 0.0939. The summed E-state index contributed by atoms with van der Waals surface area (Å²) in [5, 5.41) is 2.68. The Balaban J connectivity index is 2.18. The van der Waals surface area contributed by atoms with E-state index in [2.05, 4.69) is 5.32 Å². The molecule has 110 valence electrons. The van der Waals surface area contributed by atoms with Gasteiger partial charge in [0.25, 0.3) is 5.91 Å². The second kappa shape index (κ2) is 6.32. The number of amides is 1. The van der Waals surface area contributed by atoms with Crippen molar-refractivity contribution in [2.45, 2.75) is 13.0 Å². The Labute approximate surface area is 120 Å². The quantitative estimate of drug-likeness (QED) is 0.599. The summed E-state index contributed by atoms with van der Waals surface area (Å²) in [6, 6.07) is 10.9. The molecule has 0 saturated heterocycles. The number of hydrazine groups is 1. The van der Waals surface area contributed by atoms with Gasteiger partial charge in [-0.25, -0.2) is 8.78 Å². The minimum atomic E-state index is -0.921. The lowest BCUT2D eigenvalue weighted by Crippen LogP contribution is -2.27. The monoisotopic (exact) mass is 291 g/mol. The van der Waals surface area contributed by atoms with Crippen LogP contribution in [0.1, 0.15) is 28.9 Å². The van der Waals surface area contributed by atoms with Gasteiger partial charge in [0.2, 0.25) is 0 Å². The molecule has 0 radical (unpaired) electrons. The molecule has 0 bridgehead atoms. The third-order valence-corrected chi connectivity index (χ3v) is 3.10. The van der Waals surface area contributed by atoms with Gasteiger partial charge in [0.1, 0.15) is 5.69 Å². The SMILES string of the molecule is CC(NC(=O)c1cc(F)c(NN)c(F)c1)c1ccccc1. The molecule has 0 aliphatic rings. The Kier molecular flexibility index (Phi) is 4.49. The van der Waals surface area contributed by atoms with Crippen LogP contribution in [0.3, 0.4) is 0 Å². The highest BCUT2D eigenvalue weighted by Crippen LogP contribution is 2.20. The van der Waals surface area contributed by atoms with Crippen molar-refractivity contribution in [3.8, 4) is 0 Å². The number of rotatable bonds is 4. The molecule has 0 saturated carbocycles. The van der Waals surface area contributed by atoms with Gasteiger partial charge >= 0.3 is 0 Å². The number of hydrogen-bond donors (Lipinski definition) is 3. The van der Waals surface area contributed by atoms with Crippen molar-refractivity contribution in [2.24, 2.45) is 5.84 Å². The number of carbonyl (C=O) groups is 1. The van der Waals surface area contributed by atoms with Gasteiger partial charge in [-0.1, -0.05) is 30.3 Å². The molecular weight excluding hydrogens is 276 g/mol. The normalized spacial score (nSPS) is 11.8. The van der Waals surface area contributed by atoms with Gasteiger partial charge in [0.05, 0.1) is 6.04 Å². The van der Waals surface area contributed by atoms with E-state index in [4.69, 9.17) is 5.84 Å². The first-order chi connectivity index (χ1) is 10.0. The molecule has 0 heterocycles. The fourth-order valence-electron chi connectivity index (χ4n) is 1.95. The van der Waals surface area contributed by atoms with Crippen LogP contribution in [0, 0.1) is 11.6 Å². The Hall–Kier alpha value is -2.47. The van der Waals surface area contributed by atoms with E-state index in [1.54, 1.807) is 6.92 Å². The summed E-state index contributed by atoms with van der Waals surface area (Å²) < 4.78 is 27.1. The van der Waals surface area contributed by atoms with Crippen LogP contribution in [-0.4, -0.2) is 5.91 Å². The van der Waals surface area contributed by atoms with Gasteiger partial charge in [0.15, 0.2) is 11.6 Å². The van der Waals surface area contributed by atoms with Gasteiger partial charge in [-0.05, 0) is 24.6 Å². The summed E-state index contributed by atoms with van der Waals surface area (Å²) in [5.74, 6) is 2.60. The highest BCUT2D eigenvalue weighted by atomic mass is 19.1. The van der Waals surface area contributed by atoms with Crippen molar-refractivity contribution in [3.63, 3.8) is 0 Å². The Bertz CT molecular complexity index is 624. The molecule has 1 atom stereocenters. The molecule has 4 N–H and O–H groups in total. The van der Waals surface area contributed by atoms with Crippen LogP contribution in [0.4, 0.5) is 14.5 Å². The largest absolute Gasteiger partial charge is 0.346 e. The predicted molar refractivity (Wildman–Crippen MR) is 76.5 cm³/mol. The molecule has 2 rings (SSSR count). The van der Waals surface area contributed by atoms with E-state index in [-0.39, 0.29) is 11.6 Å². The van der Waals surface area contributed by atoms with Gasteiger partial charge in [-0.15, -0.1) is 0 Å². The Morgan fingerprint density at radius 1 is 1.14 bits per heavy atom. The fraction of sp³-hybridized carbons (Fsp3) is 0.133. The molecule has 0 aliphatic heterocycles. The van der Waals surface area contributed by atoms with Crippen molar-refractivity contribution in [1.82, 2.24) is 5.32 Å². The maximum absolute atomic E-state index is 13.6. The van der Waals surface area contributed by atoms with E-state index in [1.807, 2.05) is 35.8 Å². The lowest BCUT2D eigenvalue weighted by Gasteiger charge is -2.15. The van der Waals surface area contributed by atoms with Gasteiger partial charge < -0.3 is 10.7 Å². The van der Waals surface area contributed by atoms with Crippen molar-refractivity contribution in [3.05, 3.63) is 65.2 Å². The van der Waals surface area contributed by atoms with Crippen LogP contribution in [0.15, 0.2) is 42.5 Å². The highest BCUT2D eigenvalue weighted by molar-refractivity contribution is 5.94. The summed E-state index contributed by atoms with van der Waals surface area (Å²) in [6.07, 6.45) is 0. The topological polar surface area (TPSA) is 67.2 Å². The van der Waals surface area contributed by atoms with E-state index < -0.39 is 23.2 Å². The molecule has 0 aliphatic carbocycles. The standard InChI is InChI=1S/C15H15F2N3O/c1-9(10-5-3-2-4-6-10)19-15(21)11-7-12(16)14(20-18)13(17)8-11/h2-9,20H,18H2,1H3,(H,19,21). The second-order valence-corrected chi connectivity index (χ2v) is 4.57. The van der Waals surface area contributed by atoms with E-state index in [9.17, 15) is 13.6 Å². The zero-order valence-corrected chi connectivity index (χ0v) is 11.4. The summed E-state index contributed by atoms with van der Waals surface area (Å²) in [7, 11) is 0. The average Bonchev–Trinajstić information content (AvgIpc) is 2.47. The molecule has 0 spiro atoms. The molecule has 0 fully saturated rings. The van der Waals surface area contributed by atoms with E-state index >= 15 is 0 Å². The third kappa shape index (κ3) is 3.35. The molecule has 1 amide bonds. The number of halogens is 2. The molecule has 0 aromatic heterocycles. The number of nitrogens with one attached hydrogen (secondary N) is 2. The van der Waals surface area contributed by atoms with Gasteiger partial charge in [-0.3, -0.25) is 10.6 Å². The summed E-state index contributed by atoms with van der Waals surface area (Å²) >= 11 is 0. The van der Waals surface area contributed by atoms with Crippen LogP contribution < -0.4 is 16.6 Å². The van der Waals surface area contributed by atoms with Crippen molar-refractivity contribution in [1.29, 1.82) is 0 Å².